The van der Waals surface area contributed by atoms with Gasteiger partial charge in [0.25, 0.3) is 11.6 Å². The first-order valence-electron chi connectivity index (χ1n) is 6.37. The van der Waals surface area contributed by atoms with Gasteiger partial charge in [-0.25, -0.2) is 0 Å². The number of hydrogen-bond donors (Lipinski definition) is 2. The predicted molar refractivity (Wildman–Crippen MR) is 71.5 cm³/mol. The molecule has 0 radical (unpaired) electrons. The summed E-state index contributed by atoms with van der Waals surface area (Å²) in [5.74, 6) is -0.128. The number of benzene rings is 1. The second-order valence-corrected chi connectivity index (χ2v) is 4.87. The van der Waals surface area contributed by atoms with E-state index in [1.165, 1.54) is 6.07 Å². The molecule has 20 heavy (non-hydrogen) atoms. The minimum atomic E-state index is -0.672. The first-order chi connectivity index (χ1) is 9.47. The number of carbonyl (C=O) groups excluding carboxylic acids is 1. The number of rotatable bonds is 6. The molecular weight excluding hydrogens is 264 g/mol. The van der Waals surface area contributed by atoms with E-state index >= 15 is 0 Å². The summed E-state index contributed by atoms with van der Waals surface area (Å²) in [6.45, 7) is 2.14. The highest BCUT2D eigenvalue weighted by Gasteiger charge is 2.24. The van der Waals surface area contributed by atoms with Crippen molar-refractivity contribution < 1.29 is 19.6 Å². The fourth-order valence-electron chi connectivity index (χ4n) is 1.61. The molecule has 1 saturated carbocycles. The van der Waals surface area contributed by atoms with Crippen LogP contribution in [-0.2, 0) is 9.53 Å². The van der Waals surface area contributed by atoms with E-state index in [0.717, 1.165) is 25.0 Å². The zero-order valence-electron chi connectivity index (χ0n) is 11.0. The van der Waals surface area contributed by atoms with Gasteiger partial charge in [-0.15, -0.1) is 0 Å². The number of phenolic OH excluding ortho intramolecular Hbond substituents is 1. The van der Waals surface area contributed by atoms with Crippen LogP contribution in [0.5, 0.6) is 5.75 Å². The lowest BCUT2D eigenvalue weighted by atomic mass is 10.2. The van der Waals surface area contributed by atoms with E-state index in [0.29, 0.717) is 12.5 Å². The molecule has 108 valence electrons. The van der Waals surface area contributed by atoms with Gasteiger partial charge in [-0.1, -0.05) is 0 Å². The van der Waals surface area contributed by atoms with Crippen molar-refractivity contribution in [1.82, 2.24) is 0 Å². The summed E-state index contributed by atoms with van der Waals surface area (Å²) >= 11 is 0. The maximum atomic E-state index is 11.9. The van der Waals surface area contributed by atoms with E-state index in [9.17, 15) is 20.0 Å². The zero-order chi connectivity index (χ0) is 14.7. The lowest BCUT2D eigenvalue weighted by molar-refractivity contribution is -0.384. The topological polar surface area (TPSA) is 102 Å². The standard InChI is InChI=1S/C13H16N2O5/c1-8(20-7-9-2-3-9)13(17)14-11-6-10(15(18)19)4-5-12(11)16/h4-6,8-9,16H,2-3,7H2,1H3,(H,14,17). The molecule has 0 spiro atoms. The number of nitrogens with one attached hydrogen (secondary N) is 1. The van der Waals surface area contributed by atoms with Gasteiger partial charge in [0.2, 0.25) is 0 Å². The average Bonchev–Trinajstić information content (AvgIpc) is 3.22. The zero-order valence-corrected chi connectivity index (χ0v) is 11.0. The average molecular weight is 280 g/mol. The van der Waals surface area contributed by atoms with Crippen LogP contribution in [-0.4, -0.2) is 28.6 Å². The third-order valence-electron chi connectivity index (χ3n) is 3.10. The largest absolute Gasteiger partial charge is 0.506 e. The molecule has 7 heteroatoms. The van der Waals surface area contributed by atoms with Crippen molar-refractivity contribution in [2.24, 2.45) is 5.92 Å². The molecule has 1 aromatic rings. The molecule has 1 amide bonds. The summed E-state index contributed by atoms with van der Waals surface area (Å²) < 4.78 is 5.39. The number of nitrogens with zero attached hydrogens (tertiary/aromatic N) is 1. The minimum absolute atomic E-state index is 0.00562. The predicted octanol–water partition coefficient (Wildman–Crippen LogP) is 2.05. The van der Waals surface area contributed by atoms with Gasteiger partial charge in [-0.05, 0) is 31.7 Å². The summed E-state index contributed by atoms with van der Waals surface area (Å²) in [6, 6.07) is 3.45. The van der Waals surface area contributed by atoms with Gasteiger partial charge in [-0.3, -0.25) is 14.9 Å². The van der Waals surface area contributed by atoms with Crippen LogP contribution in [0.15, 0.2) is 18.2 Å². The molecule has 1 unspecified atom stereocenters. The Morgan fingerprint density at radius 2 is 2.30 bits per heavy atom. The maximum Gasteiger partial charge on any atom is 0.271 e. The molecule has 1 fully saturated rings. The number of hydrogen-bond acceptors (Lipinski definition) is 5. The lowest BCUT2D eigenvalue weighted by Crippen LogP contribution is -2.28. The Labute approximate surface area is 115 Å². The Bertz CT molecular complexity index is 527. The molecule has 1 atom stereocenters. The van der Waals surface area contributed by atoms with Gasteiger partial charge in [0.05, 0.1) is 17.2 Å². The lowest BCUT2D eigenvalue weighted by Gasteiger charge is -2.13. The molecule has 0 saturated heterocycles. The molecule has 2 rings (SSSR count). The Kier molecular flexibility index (Phi) is 4.19. The maximum absolute atomic E-state index is 11.9. The number of amides is 1. The molecule has 1 aliphatic rings. The van der Waals surface area contributed by atoms with E-state index in [1.807, 2.05) is 0 Å². The summed E-state index contributed by atoms with van der Waals surface area (Å²) in [5, 5.41) is 22.7. The van der Waals surface area contributed by atoms with E-state index in [1.54, 1.807) is 6.92 Å². The molecule has 1 aromatic carbocycles. The van der Waals surface area contributed by atoms with Crippen molar-refractivity contribution >= 4 is 17.3 Å². The third-order valence-corrected chi connectivity index (χ3v) is 3.10. The van der Waals surface area contributed by atoms with Crippen LogP contribution in [0.25, 0.3) is 0 Å². The van der Waals surface area contributed by atoms with Crippen LogP contribution in [0, 0.1) is 16.0 Å². The van der Waals surface area contributed by atoms with Crippen molar-refractivity contribution in [2.45, 2.75) is 25.9 Å². The number of nitro groups is 1. The molecule has 0 aliphatic heterocycles. The van der Waals surface area contributed by atoms with Crippen molar-refractivity contribution in [2.75, 3.05) is 11.9 Å². The number of non-ortho nitro benzene ring substituents is 1. The van der Waals surface area contributed by atoms with Crippen molar-refractivity contribution in [3.05, 3.63) is 28.3 Å². The quantitative estimate of drug-likeness (QED) is 0.471. The van der Waals surface area contributed by atoms with Gasteiger partial charge in [0, 0.05) is 12.1 Å². The molecule has 7 nitrogen and oxygen atoms in total. The Hall–Kier alpha value is -2.15. The van der Waals surface area contributed by atoms with Crippen LogP contribution in [0.1, 0.15) is 19.8 Å². The number of aromatic hydroxyl groups is 1. The fraction of sp³-hybridized carbons (Fsp3) is 0.462. The number of nitro benzene ring substituents is 1. The first kappa shape index (κ1) is 14.3. The normalized spacial score (nSPS) is 15.7. The minimum Gasteiger partial charge on any atom is -0.506 e. The number of phenols is 1. The van der Waals surface area contributed by atoms with Gasteiger partial charge in [0.15, 0.2) is 0 Å². The van der Waals surface area contributed by atoms with Crippen LogP contribution in [0.3, 0.4) is 0 Å². The summed E-state index contributed by atoms with van der Waals surface area (Å²) in [7, 11) is 0. The summed E-state index contributed by atoms with van der Waals surface area (Å²) in [6.07, 6.45) is 1.58. The highest BCUT2D eigenvalue weighted by atomic mass is 16.6. The third kappa shape index (κ3) is 3.67. The molecule has 1 aliphatic carbocycles. The molecule has 0 aromatic heterocycles. The van der Waals surface area contributed by atoms with Gasteiger partial charge >= 0.3 is 0 Å². The van der Waals surface area contributed by atoms with Crippen LogP contribution >= 0.6 is 0 Å². The van der Waals surface area contributed by atoms with Gasteiger partial charge in [0.1, 0.15) is 11.9 Å². The fourth-order valence-corrected chi connectivity index (χ4v) is 1.61. The molecule has 0 bridgehead atoms. The Balaban J connectivity index is 1.98. The second-order valence-electron chi connectivity index (χ2n) is 4.87. The molecule has 2 N–H and O–H groups in total. The molecular formula is C13H16N2O5. The Morgan fingerprint density at radius 3 is 2.90 bits per heavy atom. The Morgan fingerprint density at radius 1 is 1.60 bits per heavy atom. The van der Waals surface area contributed by atoms with Crippen molar-refractivity contribution in [3.63, 3.8) is 0 Å². The SMILES string of the molecule is CC(OCC1CC1)C(=O)Nc1cc([N+](=O)[O-])ccc1O. The highest BCUT2D eigenvalue weighted by Crippen LogP contribution is 2.30. The summed E-state index contributed by atoms with van der Waals surface area (Å²) in [4.78, 5) is 21.9. The summed E-state index contributed by atoms with van der Waals surface area (Å²) in [5.41, 5.74) is -0.198. The number of carbonyl (C=O) groups is 1. The van der Waals surface area contributed by atoms with Crippen molar-refractivity contribution in [1.29, 1.82) is 0 Å². The van der Waals surface area contributed by atoms with E-state index in [2.05, 4.69) is 5.32 Å². The highest BCUT2D eigenvalue weighted by molar-refractivity contribution is 5.95. The van der Waals surface area contributed by atoms with Gasteiger partial charge < -0.3 is 15.2 Å². The van der Waals surface area contributed by atoms with Crippen LogP contribution in [0.4, 0.5) is 11.4 Å². The molecule has 0 heterocycles. The van der Waals surface area contributed by atoms with E-state index in [4.69, 9.17) is 4.74 Å². The smallest absolute Gasteiger partial charge is 0.271 e. The van der Waals surface area contributed by atoms with E-state index in [-0.39, 0.29) is 17.1 Å². The van der Waals surface area contributed by atoms with E-state index < -0.39 is 16.9 Å². The monoisotopic (exact) mass is 280 g/mol. The van der Waals surface area contributed by atoms with Crippen LogP contribution < -0.4 is 5.32 Å². The first-order valence-corrected chi connectivity index (χ1v) is 6.37. The number of anilines is 1. The second kappa shape index (κ2) is 5.87. The van der Waals surface area contributed by atoms with Crippen LogP contribution in [0.2, 0.25) is 0 Å². The number of ether oxygens (including phenoxy) is 1. The van der Waals surface area contributed by atoms with Gasteiger partial charge in [-0.2, -0.15) is 0 Å². The van der Waals surface area contributed by atoms with Crippen molar-refractivity contribution in [3.8, 4) is 5.75 Å².